The first-order valence-electron chi connectivity index (χ1n) is 7.14. The molecule has 120 valence electrons. The largest absolute Gasteiger partial charge is 0.344 e. The summed E-state index contributed by atoms with van der Waals surface area (Å²) < 4.78 is 5.42. The number of amides is 1. The van der Waals surface area contributed by atoms with E-state index in [0.717, 1.165) is 25.7 Å². The van der Waals surface area contributed by atoms with Gasteiger partial charge in [0, 0.05) is 12.5 Å². The Morgan fingerprint density at radius 2 is 2.14 bits per heavy atom. The topological polar surface area (TPSA) is 94.0 Å². The van der Waals surface area contributed by atoms with Crippen LogP contribution in [0.1, 0.15) is 71.0 Å². The predicted octanol–water partition coefficient (Wildman–Crippen LogP) is 2.24. The minimum atomic E-state index is -0.646. The van der Waals surface area contributed by atoms with E-state index in [9.17, 15) is 4.79 Å². The van der Waals surface area contributed by atoms with Crippen LogP contribution < -0.4 is 11.1 Å². The number of carbonyl (C=O) groups is 1. The van der Waals surface area contributed by atoms with Crippen molar-refractivity contribution in [3.63, 3.8) is 0 Å². The van der Waals surface area contributed by atoms with Crippen LogP contribution in [0, 0.1) is 0 Å². The zero-order chi connectivity index (χ0) is 15.0. The van der Waals surface area contributed by atoms with Crippen molar-refractivity contribution in [1.29, 1.82) is 0 Å². The summed E-state index contributed by atoms with van der Waals surface area (Å²) >= 11 is 0. The van der Waals surface area contributed by atoms with Crippen LogP contribution in [0.2, 0.25) is 0 Å². The first-order valence-corrected chi connectivity index (χ1v) is 7.14. The molecule has 0 bridgehead atoms. The summed E-state index contributed by atoms with van der Waals surface area (Å²) in [5.41, 5.74) is 5.40. The van der Waals surface area contributed by atoms with Gasteiger partial charge in [-0.05, 0) is 33.6 Å². The van der Waals surface area contributed by atoms with Crippen LogP contribution >= 0.6 is 12.4 Å². The lowest BCUT2D eigenvalue weighted by Crippen LogP contribution is -2.45. The molecule has 1 aliphatic rings. The number of halogens is 1. The second kappa shape index (κ2) is 6.32. The minimum absolute atomic E-state index is 0. The Bertz CT molecular complexity index is 499. The molecule has 1 aromatic rings. The van der Waals surface area contributed by atoms with Gasteiger partial charge in [-0.3, -0.25) is 4.79 Å². The Morgan fingerprint density at radius 3 is 2.71 bits per heavy atom. The van der Waals surface area contributed by atoms with Crippen LogP contribution in [-0.4, -0.2) is 21.6 Å². The Hall–Kier alpha value is -1.14. The van der Waals surface area contributed by atoms with Crippen molar-refractivity contribution >= 4 is 18.3 Å². The van der Waals surface area contributed by atoms with Gasteiger partial charge in [-0.2, -0.15) is 4.98 Å². The molecule has 1 aromatic heterocycles. The fourth-order valence-corrected chi connectivity index (χ4v) is 2.89. The van der Waals surface area contributed by atoms with Crippen molar-refractivity contribution < 1.29 is 9.32 Å². The molecule has 1 fully saturated rings. The zero-order valence-electron chi connectivity index (χ0n) is 13.1. The Balaban J connectivity index is 0.00000220. The number of rotatable bonds is 3. The Labute approximate surface area is 131 Å². The van der Waals surface area contributed by atoms with Gasteiger partial charge in [0.2, 0.25) is 11.8 Å². The van der Waals surface area contributed by atoms with Gasteiger partial charge >= 0.3 is 0 Å². The monoisotopic (exact) mass is 316 g/mol. The molecule has 1 heterocycles. The lowest BCUT2D eigenvalue weighted by molar-refractivity contribution is -0.120. The smallest absolute Gasteiger partial charge is 0.231 e. The lowest BCUT2D eigenvalue weighted by Gasteiger charge is -2.35. The number of nitrogens with two attached hydrogens (primary N) is 1. The number of aromatic nitrogens is 2. The van der Waals surface area contributed by atoms with Crippen molar-refractivity contribution in [3.8, 4) is 0 Å². The van der Waals surface area contributed by atoms with Crippen LogP contribution in [-0.2, 0) is 10.3 Å². The summed E-state index contributed by atoms with van der Waals surface area (Å²) in [7, 11) is 0. The van der Waals surface area contributed by atoms with Crippen LogP contribution in [0.3, 0.4) is 0 Å². The van der Waals surface area contributed by atoms with Gasteiger partial charge in [-0.1, -0.05) is 18.0 Å². The molecule has 0 aromatic carbocycles. The Morgan fingerprint density at radius 1 is 1.48 bits per heavy atom. The molecule has 2 rings (SSSR count). The minimum Gasteiger partial charge on any atom is -0.344 e. The lowest BCUT2D eigenvalue weighted by atomic mass is 9.74. The fraction of sp³-hybridized carbons (Fsp3) is 0.786. The quantitative estimate of drug-likeness (QED) is 0.891. The van der Waals surface area contributed by atoms with Gasteiger partial charge in [0.15, 0.2) is 5.82 Å². The van der Waals surface area contributed by atoms with Gasteiger partial charge < -0.3 is 15.6 Å². The van der Waals surface area contributed by atoms with Crippen molar-refractivity contribution in [2.75, 3.05) is 0 Å². The van der Waals surface area contributed by atoms with Crippen molar-refractivity contribution in [2.24, 2.45) is 5.73 Å². The molecule has 2 unspecified atom stereocenters. The first kappa shape index (κ1) is 17.9. The maximum atomic E-state index is 11.2. The number of carbonyl (C=O) groups excluding carboxylic acids is 1. The van der Waals surface area contributed by atoms with Crippen molar-refractivity contribution in [2.45, 2.75) is 70.4 Å². The third kappa shape index (κ3) is 3.95. The molecule has 0 spiro atoms. The summed E-state index contributed by atoms with van der Waals surface area (Å²) in [4.78, 5) is 15.7. The molecule has 0 radical (unpaired) electrons. The van der Waals surface area contributed by atoms with E-state index in [1.165, 1.54) is 6.92 Å². The second-order valence-corrected chi connectivity index (χ2v) is 6.57. The van der Waals surface area contributed by atoms with E-state index in [0.29, 0.717) is 11.7 Å². The van der Waals surface area contributed by atoms with E-state index in [2.05, 4.69) is 15.5 Å². The maximum absolute atomic E-state index is 11.2. The molecule has 7 heteroatoms. The van der Waals surface area contributed by atoms with Crippen LogP contribution in [0.5, 0.6) is 0 Å². The third-order valence-electron chi connectivity index (χ3n) is 4.04. The fourth-order valence-electron chi connectivity index (χ4n) is 2.89. The van der Waals surface area contributed by atoms with Gasteiger partial charge in [0.05, 0.1) is 11.5 Å². The maximum Gasteiger partial charge on any atom is 0.231 e. The molecule has 0 saturated heterocycles. The van der Waals surface area contributed by atoms with Gasteiger partial charge in [0.25, 0.3) is 0 Å². The first-order chi connectivity index (χ1) is 9.22. The number of nitrogens with zero attached hydrogens (tertiary/aromatic N) is 2. The highest BCUT2D eigenvalue weighted by atomic mass is 35.5. The highest BCUT2D eigenvalue weighted by Gasteiger charge is 2.39. The van der Waals surface area contributed by atoms with E-state index in [1.807, 2.05) is 20.8 Å². The summed E-state index contributed by atoms with van der Waals surface area (Å²) in [5, 5.41) is 6.84. The zero-order valence-corrected chi connectivity index (χ0v) is 13.9. The number of hydrogen-bond acceptors (Lipinski definition) is 5. The molecule has 1 amide bonds. The normalized spacial score (nSPS) is 26.0. The number of nitrogens with one attached hydrogen (secondary N) is 1. The highest BCUT2D eigenvalue weighted by Crippen LogP contribution is 2.38. The molecule has 3 N–H and O–H groups in total. The molecule has 0 aliphatic heterocycles. The van der Waals surface area contributed by atoms with E-state index in [4.69, 9.17) is 10.3 Å². The van der Waals surface area contributed by atoms with Crippen molar-refractivity contribution in [3.05, 3.63) is 11.7 Å². The molecule has 21 heavy (non-hydrogen) atoms. The van der Waals surface area contributed by atoms with E-state index in [-0.39, 0.29) is 29.8 Å². The third-order valence-corrected chi connectivity index (χ3v) is 4.04. The van der Waals surface area contributed by atoms with E-state index < -0.39 is 5.54 Å². The molecule has 6 nitrogen and oxygen atoms in total. The summed E-state index contributed by atoms with van der Waals surface area (Å²) in [5.74, 6) is 1.04. The summed E-state index contributed by atoms with van der Waals surface area (Å²) in [6, 6.07) is 0. The highest BCUT2D eigenvalue weighted by molar-refractivity contribution is 5.85. The van der Waals surface area contributed by atoms with Crippen LogP contribution in [0.4, 0.5) is 0 Å². The predicted molar refractivity (Wildman–Crippen MR) is 82.2 cm³/mol. The molecule has 2 atom stereocenters. The SMILES string of the molecule is CC(=O)NC(C)(C)c1noc(C2CCCCC2(C)N)n1.Cl. The second-order valence-electron chi connectivity index (χ2n) is 6.57. The molecular formula is C14H25ClN4O2. The molecule has 1 aliphatic carbocycles. The number of hydrogen-bond donors (Lipinski definition) is 2. The van der Waals surface area contributed by atoms with Crippen LogP contribution in [0.25, 0.3) is 0 Å². The van der Waals surface area contributed by atoms with Crippen LogP contribution in [0.15, 0.2) is 4.52 Å². The standard InChI is InChI=1S/C14H24N4O2.ClH/c1-9(19)17-13(2,3)12-16-11(20-18-12)10-7-5-6-8-14(10,4)15;/h10H,5-8,15H2,1-4H3,(H,17,19);1H. The van der Waals surface area contributed by atoms with Gasteiger partial charge in [-0.15, -0.1) is 12.4 Å². The summed E-state index contributed by atoms with van der Waals surface area (Å²) in [6.45, 7) is 7.22. The molecule has 1 saturated carbocycles. The summed E-state index contributed by atoms with van der Waals surface area (Å²) in [6.07, 6.45) is 4.20. The van der Waals surface area contributed by atoms with Gasteiger partial charge in [0.1, 0.15) is 0 Å². The van der Waals surface area contributed by atoms with Gasteiger partial charge in [-0.25, -0.2) is 0 Å². The Kier molecular flexibility index (Phi) is 5.39. The van der Waals surface area contributed by atoms with Crippen molar-refractivity contribution in [1.82, 2.24) is 15.5 Å². The van der Waals surface area contributed by atoms with E-state index >= 15 is 0 Å². The average Bonchev–Trinajstić information content (AvgIpc) is 2.76. The van der Waals surface area contributed by atoms with E-state index in [1.54, 1.807) is 0 Å². The average molecular weight is 317 g/mol. The molecular weight excluding hydrogens is 292 g/mol.